The molecule has 10 heteroatoms. The molecule has 5 aromatic rings. The zero-order valence-electron chi connectivity index (χ0n) is 15.4. The quantitative estimate of drug-likeness (QED) is 0.350. The van der Waals surface area contributed by atoms with Crippen molar-refractivity contribution in [1.82, 2.24) is 29.9 Å². The summed E-state index contributed by atoms with van der Waals surface area (Å²) in [7, 11) is 0. The van der Waals surface area contributed by atoms with Crippen LogP contribution in [0.15, 0.2) is 60.3 Å². The highest BCUT2D eigenvalue weighted by Gasteiger charge is 2.19. The van der Waals surface area contributed by atoms with Crippen LogP contribution >= 0.6 is 23.4 Å². The SMILES string of the molecule is Clc1ncnc2[nH]ccc12.O=C1Cc2ccc(Nc3ncnc4[nH]ccc34)cc2S1. The molecule has 148 valence electrons. The van der Waals surface area contributed by atoms with E-state index in [-0.39, 0.29) is 5.12 Å². The number of H-pyrrole nitrogens is 2. The molecule has 30 heavy (non-hydrogen) atoms. The monoisotopic (exact) mass is 435 g/mol. The lowest BCUT2D eigenvalue weighted by Crippen LogP contribution is -1.95. The number of carbonyl (C=O) groups excluding carboxylic acids is 1. The van der Waals surface area contributed by atoms with E-state index >= 15 is 0 Å². The predicted octanol–water partition coefficient (Wildman–Crippen LogP) is 4.49. The van der Waals surface area contributed by atoms with E-state index in [1.54, 1.807) is 6.20 Å². The summed E-state index contributed by atoms with van der Waals surface area (Å²) in [4.78, 5) is 34.6. The number of anilines is 2. The molecule has 1 aromatic carbocycles. The largest absolute Gasteiger partial charge is 0.346 e. The van der Waals surface area contributed by atoms with E-state index < -0.39 is 0 Å². The van der Waals surface area contributed by atoms with Crippen molar-refractivity contribution in [2.75, 3.05) is 5.32 Å². The van der Waals surface area contributed by atoms with E-state index in [1.807, 2.05) is 36.5 Å². The van der Waals surface area contributed by atoms with E-state index in [2.05, 4.69) is 35.2 Å². The van der Waals surface area contributed by atoms with Crippen molar-refractivity contribution >= 4 is 62.1 Å². The Kier molecular flexibility index (Phi) is 4.82. The summed E-state index contributed by atoms with van der Waals surface area (Å²) in [5.41, 5.74) is 3.60. The summed E-state index contributed by atoms with van der Waals surface area (Å²) >= 11 is 7.03. The molecule has 1 aliphatic rings. The molecule has 0 radical (unpaired) electrons. The number of hydrogen-bond acceptors (Lipinski definition) is 7. The zero-order chi connectivity index (χ0) is 20.5. The van der Waals surface area contributed by atoms with Crippen LogP contribution in [0.25, 0.3) is 22.1 Å². The summed E-state index contributed by atoms with van der Waals surface area (Å²) in [5.74, 6) is 0.755. The summed E-state index contributed by atoms with van der Waals surface area (Å²) in [6.07, 6.45) is 7.09. The van der Waals surface area contributed by atoms with E-state index in [4.69, 9.17) is 11.6 Å². The van der Waals surface area contributed by atoms with Crippen LogP contribution in [0, 0.1) is 0 Å². The summed E-state index contributed by atoms with van der Waals surface area (Å²) in [6.45, 7) is 0. The van der Waals surface area contributed by atoms with Gasteiger partial charge in [0.2, 0.25) is 0 Å². The fourth-order valence-electron chi connectivity index (χ4n) is 3.14. The first-order valence-corrected chi connectivity index (χ1v) is 10.2. The Labute approximate surface area is 179 Å². The average molecular weight is 436 g/mol. The first kappa shape index (κ1) is 18.6. The number of nitrogens with zero attached hydrogens (tertiary/aromatic N) is 4. The maximum absolute atomic E-state index is 11.4. The molecule has 0 atom stereocenters. The number of hydrogen-bond donors (Lipinski definition) is 3. The minimum atomic E-state index is 0.201. The van der Waals surface area contributed by atoms with Gasteiger partial charge >= 0.3 is 0 Å². The lowest BCUT2D eigenvalue weighted by molar-refractivity contribution is -0.110. The third-order valence-electron chi connectivity index (χ3n) is 4.55. The molecule has 0 unspecified atom stereocenters. The van der Waals surface area contributed by atoms with Gasteiger partial charge in [0, 0.05) is 29.4 Å². The number of benzene rings is 1. The van der Waals surface area contributed by atoms with E-state index in [0.717, 1.165) is 44.0 Å². The van der Waals surface area contributed by atoms with Crippen molar-refractivity contribution in [2.45, 2.75) is 11.3 Å². The topological polar surface area (TPSA) is 112 Å². The molecular weight excluding hydrogens is 422 g/mol. The van der Waals surface area contributed by atoms with Gasteiger partial charge in [-0.3, -0.25) is 4.79 Å². The van der Waals surface area contributed by atoms with Crippen molar-refractivity contribution in [2.24, 2.45) is 0 Å². The Bertz CT molecular complexity index is 1380. The number of nitrogens with one attached hydrogen (secondary N) is 3. The van der Waals surface area contributed by atoms with Crippen molar-refractivity contribution in [3.8, 4) is 0 Å². The van der Waals surface area contributed by atoms with Gasteiger partial charge in [-0.25, -0.2) is 19.9 Å². The molecule has 0 saturated heterocycles. The van der Waals surface area contributed by atoms with Gasteiger partial charge in [0.25, 0.3) is 0 Å². The molecule has 0 aliphatic carbocycles. The second kappa shape index (κ2) is 7.77. The lowest BCUT2D eigenvalue weighted by atomic mass is 10.1. The van der Waals surface area contributed by atoms with Crippen molar-refractivity contribution in [3.63, 3.8) is 0 Å². The van der Waals surface area contributed by atoms with Crippen LogP contribution < -0.4 is 5.32 Å². The first-order valence-electron chi connectivity index (χ1n) is 9.00. The molecule has 0 spiro atoms. The Morgan fingerprint density at radius 3 is 2.47 bits per heavy atom. The van der Waals surface area contributed by atoms with E-state index in [9.17, 15) is 4.79 Å². The number of fused-ring (bicyclic) bond motifs is 3. The van der Waals surface area contributed by atoms with Crippen LogP contribution in [0.3, 0.4) is 0 Å². The summed E-state index contributed by atoms with van der Waals surface area (Å²) < 4.78 is 0. The second-order valence-electron chi connectivity index (χ2n) is 6.47. The zero-order valence-corrected chi connectivity index (χ0v) is 17.0. The van der Waals surface area contributed by atoms with E-state index in [1.165, 1.54) is 24.4 Å². The maximum Gasteiger partial charge on any atom is 0.198 e. The summed E-state index contributed by atoms with van der Waals surface area (Å²) in [6, 6.07) is 9.73. The Morgan fingerprint density at radius 1 is 0.933 bits per heavy atom. The number of halogens is 1. The summed E-state index contributed by atoms with van der Waals surface area (Å²) in [5, 5.41) is 5.78. The molecule has 0 bridgehead atoms. The standard InChI is InChI=1S/C14H10N4OS.C6H4ClN3/c19-12-5-8-1-2-9(6-11(8)20-12)18-14-10-3-4-15-13(10)16-7-17-14;7-5-4-1-2-8-6(4)10-3-9-5/h1-4,6-7H,5H2,(H2,15,16,17,18);1-3H,(H,8,9,10). The number of thioether (sulfide) groups is 1. The fourth-order valence-corrected chi connectivity index (χ4v) is 4.26. The van der Waals surface area contributed by atoms with Crippen LogP contribution in [0.5, 0.6) is 0 Å². The Balaban J connectivity index is 0.000000161. The van der Waals surface area contributed by atoms with Crippen LogP contribution in [0.2, 0.25) is 5.15 Å². The third-order valence-corrected chi connectivity index (χ3v) is 5.82. The van der Waals surface area contributed by atoms with Gasteiger partial charge in [-0.1, -0.05) is 29.4 Å². The highest BCUT2D eigenvalue weighted by Crippen LogP contribution is 2.35. The van der Waals surface area contributed by atoms with Gasteiger partial charge in [-0.2, -0.15) is 0 Å². The van der Waals surface area contributed by atoms with Crippen molar-refractivity contribution < 1.29 is 4.79 Å². The van der Waals surface area contributed by atoms with Crippen LogP contribution in [0.4, 0.5) is 11.5 Å². The molecule has 0 amide bonds. The van der Waals surface area contributed by atoms with Gasteiger partial charge in [0.15, 0.2) is 5.12 Å². The molecule has 1 aliphatic heterocycles. The number of carbonyl (C=O) groups is 1. The maximum atomic E-state index is 11.4. The minimum absolute atomic E-state index is 0.201. The smallest absolute Gasteiger partial charge is 0.198 e. The molecule has 6 rings (SSSR count). The normalized spacial score (nSPS) is 12.6. The molecule has 3 N–H and O–H groups in total. The highest BCUT2D eigenvalue weighted by atomic mass is 35.5. The predicted molar refractivity (Wildman–Crippen MR) is 117 cm³/mol. The van der Waals surface area contributed by atoms with Gasteiger partial charge < -0.3 is 15.3 Å². The van der Waals surface area contributed by atoms with Gasteiger partial charge in [-0.15, -0.1) is 0 Å². The number of rotatable bonds is 2. The second-order valence-corrected chi connectivity index (χ2v) is 7.92. The van der Waals surface area contributed by atoms with Gasteiger partial charge in [-0.05, 0) is 29.8 Å². The minimum Gasteiger partial charge on any atom is -0.346 e. The van der Waals surface area contributed by atoms with Crippen LogP contribution in [0.1, 0.15) is 5.56 Å². The molecule has 0 saturated carbocycles. The highest BCUT2D eigenvalue weighted by molar-refractivity contribution is 8.14. The van der Waals surface area contributed by atoms with Crippen LogP contribution in [-0.4, -0.2) is 35.0 Å². The van der Waals surface area contributed by atoms with Crippen LogP contribution in [-0.2, 0) is 11.2 Å². The average Bonchev–Trinajstić information content (AvgIpc) is 3.47. The molecular formula is C20H14ClN7OS. The van der Waals surface area contributed by atoms with Crippen molar-refractivity contribution in [1.29, 1.82) is 0 Å². The Hall–Kier alpha value is -3.43. The molecule has 4 aromatic heterocycles. The first-order chi connectivity index (χ1) is 14.7. The lowest BCUT2D eigenvalue weighted by Gasteiger charge is -2.07. The van der Waals surface area contributed by atoms with E-state index in [0.29, 0.717) is 11.6 Å². The molecule has 8 nitrogen and oxygen atoms in total. The van der Waals surface area contributed by atoms with Gasteiger partial charge in [0.1, 0.15) is 34.9 Å². The van der Waals surface area contributed by atoms with Crippen molar-refractivity contribution in [3.05, 3.63) is 66.1 Å². The Morgan fingerprint density at radius 2 is 1.67 bits per heavy atom. The van der Waals surface area contributed by atoms with Gasteiger partial charge in [0.05, 0.1) is 10.8 Å². The molecule has 0 fully saturated rings. The fraction of sp³-hybridized carbons (Fsp3) is 0.0500. The number of aromatic amines is 2. The third kappa shape index (κ3) is 3.60. The number of aromatic nitrogens is 6. The molecule has 5 heterocycles.